The molecule has 2 heterocycles. The number of aromatic nitrogens is 3. The molecule has 5 rings (SSSR count). The molecule has 0 spiro atoms. The maximum Gasteiger partial charge on any atom is 0.573 e. The fourth-order valence-corrected chi connectivity index (χ4v) is 4.11. The highest BCUT2D eigenvalue weighted by atomic mass is 19.4. The van der Waals surface area contributed by atoms with Gasteiger partial charge in [0.05, 0.1) is 6.61 Å². The predicted octanol–water partition coefficient (Wildman–Crippen LogP) is 5.78. The van der Waals surface area contributed by atoms with Crippen molar-refractivity contribution in [2.75, 3.05) is 6.61 Å². The van der Waals surface area contributed by atoms with Crippen LogP contribution in [0.4, 0.5) is 26.3 Å². The zero-order valence-corrected chi connectivity index (χ0v) is 17.2. The molecule has 2 aromatic heterocycles. The molecule has 0 aliphatic heterocycles. The first-order valence-electron chi connectivity index (χ1n) is 10.5. The highest BCUT2D eigenvalue weighted by molar-refractivity contribution is 5.57. The van der Waals surface area contributed by atoms with Gasteiger partial charge in [0, 0.05) is 18.5 Å². The summed E-state index contributed by atoms with van der Waals surface area (Å²) in [6, 6.07) is 7.01. The smallest absolute Gasteiger partial charge is 0.492 e. The van der Waals surface area contributed by atoms with Gasteiger partial charge in [-0.05, 0) is 48.8 Å². The molecule has 0 N–H and O–H groups in total. The quantitative estimate of drug-likeness (QED) is 0.410. The van der Waals surface area contributed by atoms with Gasteiger partial charge < -0.3 is 9.47 Å². The zero-order valence-electron chi connectivity index (χ0n) is 17.2. The first-order valence-corrected chi connectivity index (χ1v) is 10.5. The molecule has 2 fully saturated rings. The number of hydrogen-bond acceptors (Lipinski definition) is 4. The predicted molar refractivity (Wildman–Crippen MR) is 104 cm³/mol. The largest absolute Gasteiger partial charge is 0.573 e. The number of benzene rings is 1. The fraction of sp³-hybridized carbons (Fsp3) is 0.455. The van der Waals surface area contributed by atoms with Crippen molar-refractivity contribution in [1.29, 1.82) is 0 Å². The van der Waals surface area contributed by atoms with Crippen LogP contribution in [-0.2, 0) is 12.6 Å². The molecule has 0 bridgehead atoms. The van der Waals surface area contributed by atoms with E-state index >= 15 is 0 Å². The molecule has 2 atom stereocenters. The van der Waals surface area contributed by atoms with Gasteiger partial charge in [0.1, 0.15) is 22.9 Å². The van der Waals surface area contributed by atoms with Gasteiger partial charge in [-0.1, -0.05) is 18.2 Å². The second kappa shape index (κ2) is 7.81. The lowest BCUT2D eigenvalue weighted by Gasteiger charge is -2.15. The highest BCUT2D eigenvalue weighted by Crippen LogP contribution is 2.51. The topological polar surface area (TPSA) is 48.7 Å². The molecule has 0 radical (unpaired) electrons. The minimum absolute atomic E-state index is 0.0761. The minimum Gasteiger partial charge on any atom is -0.492 e. The maximum atomic E-state index is 13.9. The Morgan fingerprint density at radius 2 is 1.73 bits per heavy atom. The van der Waals surface area contributed by atoms with Gasteiger partial charge >= 0.3 is 12.5 Å². The van der Waals surface area contributed by atoms with Crippen LogP contribution in [0.3, 0.4) is 0 Å². The summed E-state index contributed by atoms with van der Waals surface area (Å²) in [6.45, 7) is -0.0761. The number of nitrogens with zero attached hydrogens (tertiary/aromatic N) is 3. The lowest BCUT2D eigenvalue weighted by atomic mass is 10.1. The van der Waals surface area contributed by atoms with E-state index in [0.717, 1.165) is 12.8 Å². The van der Waals surface area contributed by atoms with Gasteiger partial charge in [0.2, 0.25) is 0 Å². The molecule has 2 aliphatic rings. The van der Waals surface area contributed by atoms with Crippen molar-refractivity contribution in [2.45, 2.75) is 44.1 Å². The number of hydrogen-bond donors (Lipinski definition) is 0. The van der Waals surface area contributed by atoms with Crippen molar-refractivity contribution in [3.8, 4) is 11.5 Å². The Morgan fingerprint density at radius 1 is 0.970 bits per heavy atom. The molecule has 1 unspecified atom stereocenters. The van der Waals surface area contributed by atoms with Crippen molar-refractivity contribution in [3.63, 3.8) is 0 Å². The Kier molecular flexibility index (Phi) is 5.17. The molecule has 2 aliphatic carbocycles. The molecule has 176 valence electrons. The first kappa shape index (κ1) is 21.8. The summed E-state index contributed by atoms with van der Waals surface area (Å²) in [5.41, 5.74) is -0.957. The van der Waals surface area contributed by atoms with E-state index in [4.69, 9.17) is 4.74 Å². The number of fused-ring (bicyclic) bond motifs is 1. The molecule has 2 saturated carbocycles. The van der Waals surface area contributed by atoms with Gasteiger partial charge in [-0.2, -0.15) is 13.2 Å². The minimum atomic E-state index is -4.83. The summed E-state index contributed by atoms with van der Waals surface area (Å²) >= 11 is 0. The van der Waals surface area contributed by atoms with E-state index in [1.54, 1.807) is 6.07 Å². The van der Waals surface area contributed by atoms with E-state index in [2.05, 4.69) is 14.9 Å². The number of alkyl halides is 6. The molecule has 11 heteroatoms. The van der Waals surface area contributed by atoms with Crippen LogP contribution < -0.4 is 9.47 Å². The summed E-state index contributed by atoms with van der Waals surface area (Å²) in [4.78, 5) is 0. The van der Waals surface area contributed by atoms with Crippen LogP contribution in [0.2, 0.25) is 0 Å². The third kappa shape index (κ3) is 4.72. The Bertz CT molecular complexity index is 1170. The average Bonchev–Trinajstić information content (AvgIpc) is 3.63. The zero-order chi connectivity index (χ0) is 23.4. The Balaban J connectivity index is 1.34. The van der Waals surface area contributed by atoms with Crippen LogP contribution >= 0.6 is 0 Å². The van der Waals surface area contributed by atoms with Crippen LogP contribution in [0.15, 0.2) is 36.5 Å². The third-order valence-electron chi connectivity index (χ3n) is 5.98. The third-order valence-corrected chi connectivity index (χ3v) is 5.98. The van der Waals surface area contributed by atoms with Gasteiger partial charge in [-0.3, -0.25) is 4.40 Å². The van der Waals surface area contributed by atoms with Gasteiger partial charge in [-0.25, -0.2) is 0 Å². The van der Waals surface area contributed by atoms with E-state index in [9.17, 15) is 26.3 Å². The van der Waals surface area contributed by atoms with E-state index in [-0.39, 0.29) is 35.6 Å². The van der Waals surface area contributed by atoms with E-state index in [1.165, 1.54) is 34.9 Å². The number of ether oxygens (including phenoxy) is 2. The maximum absolute atomic E-state index is 13.9. The first-order chi connectivity index (χ1) is 15.6. The van der Waals surface area contributed by atoms with Gasteiger partial charge in [0.25, 0.3) is 0 Å². The van der Waals surface area contributed by atoms with Crippen molar-refractivity contribution in [1.82, 2.24) is 14.6 Å². The van der Waals surface area contributed by atoms with Crippen LogP contribution in [0.25, 0.3) is 5.65 Å². The molecule has 0 amide bonds. The highest BCUT2D eigenvalue weighted by Gasteiger charge is 2.44. The van der Waals surface area contributed by atoms with Crippen molar-refractivity contribution >= 4 is 5.65 Å². The average molecular weight is 471 g/mol. The van der Waals surface area contributed by atoms with Crippen molar-refractivity contribution in [2.24, 2.45) is 11.8 Å². The molecule has 1 aromatic carbocycles. The number of halogens is 6. The molecule has 5 nitrogen and oxygen atoms in total. The van der Waals surface area contributed by atoms with Crippen LogP contribution in [0, 0.1) is 11.8 Å². The van der Waals surface area contributed by atoms with Crippen molar-refractivity contribution in [3.05, 3.63) is 53.5 Å². The van der Waals surface area contributed by atoms with Gasteiger partial charge in [0.15, 0.2) is 5.65 Å². The summed E-state index contributed by atoms with van der Waals surface area (Å²) < 4.78 is 90.6. The summed E-state index contributed by atoms with van der Waals surface area (Å²) in [5, 5.41) is 7.71. The SMILES string of the molecule is FC(F)(F)Oc1ccccc1[C@H]1CC1COc1ccn2c(CC3CC3)nnc2c1C(F)(F)F. The van der Waals surface area contributed by atoms with E-state index in [0.29, 0.717) is 30.1 Å². The second-order valence-electron chi connectivity index (χ2n) is 8.51. The lowest BCUT2D eigenvalue weighted by molar-refractivity contribution is -0.274. The molecule has 0 saturated heterocycles. The number of para-hydroxylation sites is 1. The monoisotopic (exact) mass is 471 g/mol. The second-order valence-corrected chi connectivity index (χ2v) is 8.51. The molecule has 3 aromatic rings. The fourth-order valence-electron chi connectivity index (χ4n) is 4.11. The summed E-state index contributed by atoms with van der Waals surface area (Å²) in [7, 11) is 0. The number of pyridine rings is 1. The summed E-state index contributed by atoms with van der Waals surface area (Å²) in [6.07, 6.45) is -4.96. The van der Waals surface area contributed by atoms with E-state index in [1.807, 2.05) is 0 Å². The van der Waals surface area contributed by atoms with Crippen molar-refractivity contribution < 1.29 is 35.8 Å². The van der Waals surface area contributed by atoms with Crippen LogP contribution in [-0.4, -0.2) is 27.6 Å². The molecule has 33 heavy (non-hydrogen) atoms. The van der Waals surface area contributed by atoms with E-state index < -0.39 is 18.1 Å². The van der Waals surface area contributed by atoms with Crippen LogP contribution in [0.1, 0.15) is 42.1 Å². The summed E-state index contributed by atoms with van der Waals surface area (Å²) in [5.74, 6) is -0.289. The van der Waals surface area contributed by atoms with Crippen LogP contribution in [0.5, 0.6) is 11.5 Å². The Morgan fingerprint density at radius 3 is 2.42 bits per heavy atom. The molecular formula is C22H19F6N3O2. The number of rotatable bonds is 7. The molecular weight excluding hydrogens is 452 g/mol. The normalized spacial score (nSPS) is 20.8. The Hall–Kier alpha value is -2.98. The van der Waals surface area contributed by atoms with Gasteiger partial charge in [-0.15, -0.1) is 23.4 Å². The standard InChI is InChI=1S/C22H19F6N3O2/c23-21(24,25)19-17(7-8-31-18(9-12-5-6-12)29-30-20(19)31)32-11-13-10-15(13)14-3-1-2-4-16(14)33-22(26,27)28/h1-4,7-8,12-13,15H,5-6,9-11H2/t13?,15-/m0/s1. The Labute approximate surface area is 184 Å². The lowest BCUT2D eigenvalue weighted by Crippen LogP contribution is -2.18.